The Bertz CT molecular complexity index is 592. The topological polar surface area (TPSA) is 94.6 Å². The van der Waals surface area contributed by atoms with Crippen molar-refractivity contribution < 1.29 is 14.7 Å². The highest BCUT2D eigenvalue weighted by Gasteiger charge is 2.21. The van der Waals surface area contributed by atoms with E-state index in [4.69, 9.17) is 5.11 Å². The number of carbonyl (C=O) groups is 2. The van der Waals surface area contributed by atoms with E-state index in [-0.39, 0.29) is 24.9 Å². The molecular formula is C15H21ClN4O3. The van der Waals surface area contributed by atoms with Crippen LogP contribution in [0.15, 0.2) is 12.1 Å². The fourth-order valence-electron chi connectivity index (χ4n) is 2.71. The Morgan fingerprint density at radius 3 is 2.78 bits per heavy atom. The molecule has 0 saturated heterocycles. The van der Waals surface area contributed by atoms with Crippen LogP contribution in [-0.4, -0.2) is 46.0 Å². The maximum absolute atomic E-state index is 12.1. The second-order valence-electron chi connectivity index (χ2n) is 5.88. The number of nitrogens with zero attached hydrogens (tertiary/aromatic N) is 2. The van der Waals surface area contributed by atoms with Gasteiger partial charge in [0.1, 0.15) is 5.69 Å². The standard InChI is InChI=1S/C15H20N4O3.ClH/c20-14(21)9-19-7-6-12-10(8-19)4-5-13(16-12)15(22)18-17-11-2-1-3-11;/h4-5,11,17H,1-3,6-9H2,(H,18,22)(H,20,21);1H. The molecule has 0 atom stereocenters. The number of nitrogens with one attached hydrogen (secondary N) is 2. The van der Waals surface area contributed by atoms with Gasteiger partial charge >= 0.3 is 5.97 Å². The van der Waals surface area contributed by atoms with Crippen molar-refractivity contribution in [3.8, 4) is 0 Å². The van der Waals surface area contributed by atoms with E-state index in [0.29, 0.717) is 31.2 Å². The predicted molar refractivity (Wildman–Crippen MR) is 86.3 cm³/mol. The lowest BCUT2D eigenvalue weighted by molar-refractivity contribution is -0.138. The number of halogens is 1. The van der Waals surface area contributed by atoms with Gasteiger partial charge in [0, 0.05) is 31.2 Å². The summed E-state index contributed by atoms with van der Waals surface area (Å²) in [4.78, 5) is 29.1. The second kappa shape index (κ2) is 7.72. The third-order valence-electron chi connectivity index (χ3n) is 4.21. The Balaban J connectivity index is 0.00000192. The summed E-state index contributed by atoms with van der Waals surface area (Å²) in [5.41, 5.74) is 8.00. The normalized spacial score (nSPS) is 17.6. The zero-order valence-corrected chi connectivity index (χ0v) is 13.6. The van der Waals surface area contributed by atoms with Gasteiger partial charge in [0.25, 0.3) is 5.91 Å². The smallest absolute Gasteiger partial charge is 0.317 e. The molecule has 1 aliphatic heterocycles. The van der Waals surface area contributed by atoms with Crippen molar-refractivity contribution >= 4 is 24.3 Å². The van der Waals surface area contributed by atoms with Crippen LogP contribution in [0.25, 0.3) is 0 Å². The number of hydrogen-bond donors (Lipinski definition) is 3. The van der Waals surface area contributed by atoms with E-state index in [1.807, 2.05) is 11.0 Å². The molecule has 0 bridgehead atoms. The van der Waals surface area contributed by atoms with E-state index >= 15 is 0 Å². The van der Waals surface area contributed by atoms with Gasteiger partial charge in [-0.1, -0.05) is 12.5 Å². The number of pyridine rings is 1. The lowest BCUT2D eigenvalue weighted by atomic mass is 9.94. The van der Waals surface area contributed by atoms with Crippen molar-refractivity contribution in [3.05, 3.63) is 29.1 Å². The monoisotopic (exact) mass is 340 g/mol. The van der Waals surface area contributed by atoms with E-state index in [1.54, 1.807) is 6.07 Å². The highest BCUT2D eigenvalue weighted by molar-refractivity contribution is 5.92. The van der Waals surface area contributed by atoms with Crippen molar-refractivity contribution in [2.75, 3.05) is 13.1 Å². The average Bonchev–Trinajstić information content (AvgIpc) is 2.44. The minimum atomic E-state index is -0.825. The third kappa shape index (κ3) is 4.40. The molecule has 1 saturated carbocycles. The number of rotatable bonds is 5. The van der Waals surface area contributed by atoms with Gasteiger partial charge in [-0.25, -0.2) is 10.4 Å². The molecular weight excluding hydrogens is 320 g/mol. The number of carbonyl (C=O) groups excluding carboxylic acids is 1. The number of hydrazine groups is 1. The number of hydrogen-bond acceptors (Lipinski definition) is 5. The molecule has 1 aromatic heterocycles. The Kier molecular flexibility index (Phi) is 5.92. The first kappa shape index (κ1) is 17.7. The molecule has 7 nitrogen and oxygen atoms in total. The molecule has 126 valence electrons. The largest absolute Gasteiger partial charge is 0.480 e. The van der Waals surface area contributed by atoms with Crippen molar-refractivity contribution in [1.82, 2.24) is 20.7 Å². The SMILES string of the molecule is Cl.O=C(O)CN1CCc2nc(C(=O)NNC3CCC3)ccc2C1. The van der Waals surface area contributed by atoms with E-state index in [1.165, 1.54) is 6.42 Å². The van der Waals surface area contributed by atoms with E-state index in [9.17, 15) is 9.59 Å². The number of carboxylic acids is 1. The van der Waals surface area contributed by atoms with Gasteiger partial charge in [0.15, 0.2) is 0 Å². The molecule has 2 heterocycles. The van der Waals surface area contributed by atoms with E-state index < -0.39 is 5.97 Å². The Morgan fingerprint density at radius 1 is 1.35 bits per heavy atom. The Labute approximate surface area is 140 Å². The maximum atomic E-state index is 12.1. The molecule has 0 radical (unpaired) electrons. The van der Waals surface area contributed by atoms with Crippen LogP contribution in [0.2, 0.25) is 0 Å². The summed E-state index contributed by atoms with van der Waals surface area (Å²) < 4.78 is 0. The number of carboxylic acid groups (broad SMARTS) is 1. The zero-order chi connectivity index (χ0) is 15.5. The average molecular weight is 341 g/mol. The number of aliphatic carboxylic acids is 1. The third-order valence-corrected chi connectivity index (χ3v) is 4.21. The maximum Gasteiger partial charge on any atom is 0.317 e. The first-order valence-corrected chi connectivity index (χ1v) is 7.60. The molecule has 1 fully saturated rings. The molecule has 0 spiro atoms. The number of fused-ring (bicyclic) bond motifs is 1. The van der Waals surface area contributed by atoms with Crippen molar-refractivity contribution in [2.45, 2.75) is 38.3 Å². The van der Waals surface area contributed by atoms with Crippen molar-refractivity contribution in [2.24, 2.45) is 0 Å². The minimum absolute atomic E-state index is 0. The number of amides is 1. The van der Waals surface area contributed by atoms with Gasteiger partial charge in [0.2, 0.25) is 0 Å². The van der Waals surface area contributed by atoms with Gasteiger partial charge in [-0.3, -0.25) is 19.9 Å². The lowest BCUT2D eigenvalue weighted by Crippen LogP contribution is -2.47. The summed E-state index contributed by atoms with van der Waals surface area (Å²) in [5, 5.41) is 8.84. The summed E-state index contributed by atoms with van der Waals surface area (Å²) in [5.74, 6) is -1.04. The molecule has 1 aromatic rings. The van der Waals surface area contributed by atoms with Crippen LogP contribution in [0.4, 0.5) is 0 Å². The molecule has 3 N–H and O–H groups in total. The van der Waals surface area contributed by atoms with Crippen LogP contribution in [-0.2, 0) is 17.8 Å². The van der Waals surface area contributed by atoms with Crippen LogP contribution >= 0.6 is 12.4 Å². The van der Waals surface area contributed by atoms with E-state index in [2.05, 4.69) is 15.8 Å². The van der Waals surface area contributed by atoms with Gasteiger partial charge < -0.3 is 5.11 Å². The summed E-state index contributed by atoms with van der Waals surface area (Å²) in [7, 11) is 0. The molecule has 1 aliphatic carbocycles. The summed E-state index contributed by atoms with van der Waals surface area (Å²) >= 11 is 0. The molecule has 0 aromatic carbocycles. The lowest BCUT2D eigenvalue weighted by Gasteiger charge is -2.27. The quantitative estimate of drug-likeness (QED) is 0.684. The van der Waals surface area contributed by atoms with Crippen LogP contribution in [0.3, 0.4) is 0 Å². The molecule has 1 amide bonds. The molecule has 8 heteroatoms. The Hall–Kier alpha value is -1.70. The van der Waals surface area contributed by atoms with Crippen LogP contribution in [0.5, 0.6) is 0 Å². The van der Waals surface area contributed by atoms with Crippen molar-refractivity contribution in [1.29, 1.82) is 0 Å². The first-order chi connectivity index (χ1) is 10.6. The predicted octanol–water partition coefficient (Wildman–Crippen LogP) is 0.733. The van der Waals surface area contributed by atoms with Crippen LogP contribution in [0, 0.1) is 0 Å². The van der Waals surface area contributed by atoms with E-state index in [0.717, 1.165) is 24.1 Å². The van der Waals surface area contributed by atoms with Gasteiger partial charge in [0.05, 0.1) is 6.54 Å². The second-order valence-corrected chi connectivity index (χ2v) is 5.88. The van der Waals surface area contributed by atoms with Crippen molar-refractivity contribution in [3.63, 3.8) is 0 Å². The van der Waals surface area contributed by atoms with Gasteiger partial charge in [-0.15, -0.1) is 12.4 Å². The fraction of sp³-hybridized carbons (Fsp3) is 0.533. The molecule has 23 heavy (non-hydrogen) atoms. The Morgan fingerprint density at radius 2 is 2.13 bits per heavy atom. The van der Waals surface area contributed by atoms with Crippen LogP contribution < -0.4 is 10.9 Å². The summed E-state index contributed by atoms with van der Waals surface area (Å²) in [6.45, 7) is 1.25. The van der Waals surface area contributed by atoms with Gasteiger partial charge in [-0.2, -0.15) is 0 Å². The molecule has 2 aliphatic rings. The number of aromatic nitrogens is 1. The first-order valence-electron chi connectivity index (χ1n) is 7.60. The fourth-order valence-corrected chi connectivity index (χ4v) is 2.71. The van der Waals surface area contributed by atoms with Gasteiger partial charge in [-0.05, 0) is 24.5 Å². The molecule has 3 rings (SSSR count). The zero-order valence-electron chi connectivity index (χ0n) is 12.7. The molecule has 0 unspecified atom stereocenters. The van der Waals surface area contributed by atoms with Crippen LogP contribution in [0.1, 0.15) is 41.0 Å². The summed E-state index contributed by atoms with van der Waals surface area (Å²) in [6.07, 6.45) is 4.06. The highest BCUT2D eigenvalue weighted by atomic mass is 35.5. The highest BCUT2D eigenvalue weighted by Crippen LogP contribution is 2.18. The summed E-state index contributed by atoms with van der Waals surface area (Å²) in [6, 6.07) is 3.95. The minimum Gasteiger partial charge on any atom is -0.480 e.